The Morgan fingerprint density at radius 2 is 1.60 bits per heavy atom. The number of aryl methyl sites for hydroxylation is 1. The molecular formula is C26H30FNO2. The Labute approximate surface area is 178 Å². The maximum Gasteiger partial charge on any atom is 0.166 e. The standard InChI is InChI=1S/C26H30FNO2/c1-3-29-25-15-9-13-22(26(25)30-19-23-12-7-8-14-24(23)27)18-28-20(2)16-17-21-10-5-4-6-11-21/h4-15,20,28H,3,16-19H2,1-2H3/t20-/m0/s1. The second kappa shape index (κ2) is 11.4. The molecule has 0 aliphatic carbocycles. The van der Waals surface area contributed by atoms with Crippen molar-refractivity contribution in [3.63, 3.8) is 0 Å². The van der Waals surface area contributed by atoms with Gasteiger partial charge >= 0.3 is 0 Å². The second-order valence-corrected chi connectivity index (χ2v) is 7.36. The third-order valence-corrected chi connectivity index (χ3v) is 5.04. The Morgan fingerprint density at radius 3 is 2.37 bits per heavy atom. The highest BCUT2D eigenvalue weighted by Crippen LogP contribution is 2.32. The largest absolute Gasteiger partial charge is 0.490 e. The Kier molecular flexibility index (Phi) is 8.28. The molecule has 4 heteroatoms. The van der Waals surface area contributed by atoms with E-state index in [1.54, 1.807) is 12.1 Å². The van der Waals surface area contributed by atoms with E-state index in [9.17, 15) is 4.39 Å². The van der Waals surface area contributed by atoms with Crippen LogP contribution in [0, 0.1) is 5.82 Å². The van der Waals surface area contributed by atoms with Crippen LogP contribution in [0.4, 0.5) is 4.39 Å². The zero-order valence-electron chi connectivity index (χ0n) is 17.7. The molecule has 0 radical (unpaired) electrons. The number of para-hydroxylation sites is 1. The highest BCUT2D eigenvalue weighted by Gasteiger charge is 2.13. The molecule has 3 aromatic carbocycles. The van der Waals surface area contributed by atoms with Gasteiger partial charge < -0.3 is 14.8 Å². The molecule has 0 unspecified atom stereocenters. The van der Waals surface area contributed by atoms with Crippen LogP contribution < -0.4 is 14.8 Å². The summed E-state index contributed by atoms with van der Waals surface area (Å²) < 4.78 is 25.8. The first kappa shape index (κ1) is 21.8. The summed E-state index contributed by atoms with van der Waals surface area (Å²) in [6, 6.07) is 23.4. The lowest BCUT2D eigenvalue weighted by Crippen LogP contribution is -2.26. The van der Waals surface area contributed by atoms with Gasteiger partial charge in [0.25, 0.3) is 0 Å². The lowest BCUT2D eigenvalue weighted by molar-refractivity contribution is 0.262. The summed E-state index contributed by atoms with van der Waals surface area (Å²) in [5.74, 6) is 1.09. The number of nitrogens with one attached hydrogen (secondary N) is 1. The van der Waals surface area contributed by atoms with E-state index < -0.39 is 0 Å². The lowest BCUT2D eigenvalue weighted by Gasteiger charge is -2.19. The van der Waals surface area contributed by atoms with E-state index in [1.807, 2.05) is 37.3 Å². The fourth-order valence-electron chi connectivity index (χ4n) is 3.31. The molecule has 0 saturated heterocycles. The SMILES string of the molecule is CCOc1cccc(CN[C@@H](C)CCc2ccccc2)c1OCc1ccccc1F. The summed E-state index contributed by atoms with van der Waals surface area (Å²) in [6.45, 7) is 5.49. The van der Waals surface area contributed by atoms with Crippen molar-refractivity contribution < 1.29 is 13.9 Å². The number of halogens is 1. The van der Waals surface area contributed by atoms with Gasteiger partial charge in [0.1, 0.15) is 12.4 Å². The van der Waals surface area contributed by atoms with Gasteiger partial charge in [-0.15, -0.1) is 0 Å². The minimum absolute atomic E-state index is 0.160. The van der Waals surface area contributed by atoms with Gasteiger partial charge in [-0.05, 0) is 44.4 Å². The quantitative estimate of drug-likeness (QED) is 0.428. The van der Waals surface area contributed by atoms with Crippen molar-refractivity contribution in [2.45, 2.75) is 45.9 Å². The third-order valence-electron chi connectivity index (χ3n) is 5.04. The Hall–Kier alpha value is -2.85. The molecule has 0 aromatic heterocycles. The summed E-state index contributed by atoms with van der Waals surface area (Å²) in [4.78, 5) is 0. The molecular weight excluding hydrogens is 377 g/mol. The molecule has 0 aliphatic rings. The maximum atomic E-state index is 14.0. The van der Waals surface area contributed by atoms with Gasteiger partial charge in [-0.1, -0.05) is 60.7 Å². The van der Waals surface area contributed by atoms with E-state index in [0.29, 0.717) is 36.3 Å². The van der Waals surface area contributed by atoms with Crippen molar-refractivity contribution in [2.75, 3.05) is 6.61 Å². The summed E-state index contributed by atoms with van der Waals surface area (Å²) in [6.07, 6.45) is 2.07. The molecule has 3 nitrogen and oxygen atoms in total. The summed E-state index contributed by atoms with van der Waals surface area (Å²) in [7, 11) is 0. The van der Waals surface area contributed by atoms with Crippen LogP contribution in [-0.4, -0.2) is 12.6 Å². The van der Waals surface area contributed by atoms with Gasteiger partial charge in [-0.25, -0.2) is 4.39 Å². The topological polar surface area (TPSA) is 30.5 Å². The van der Waals surface area contributed by atoms with E-state index in [-0.39, 0.29) is 12.4 Å². The smallest absolute Gasteiger partial charge is 0.166 e. The van der Waals surface area contributed by atoms with Crippen molar-refractivity contribution in [1.82, 2.24) is 5.32 Å². The summed E-state index contributed by atoms with van der Waals surface area (Å²) in [5.41, 5.74) is 2.88. The molecule has 0 heterocycles. The Balaban J connectivity index is 1.64. The zero-order chi connectivity index (χ0) is 21.2. The zero-order valence-corrected chi connectivity index (χ0v) is 17.7. The van der Waals surface area contributed by atoms with Crippen LogP contribution in [0.15, 0.2) is 72.8 Å². The molecule has 0 fully saturated rings. The first-order valence-electron chi connectivity index (χ1n) is 10.6. The number of hydrogen-bond acceptors (Lipinski definition) is 3. The molecule has 0 saturated carbocycles. The van der Waals surface area contributed by atoms with Crippen molar-refractivity contribution >= 4 is 0 Å². The van der Waals surface area contributed by atoms with Crippen LogP contribution in [0.5, 0.6) is 11.5 Å². The highest BCUT2D eigenvalue weighted by molar-refractivity contribution is 5.47. The van der Waals surface area contributed by atoms with Crippen LogP contribution in [-0.2, 0) is 19.6 Å². The minimum Gasteiger partial charge on any atom is -0.490 e. The average Bonchev–Trinajstić information content (AvgIpc) is 2.77. The number of ether oxygens (including phenoxy) is 2. The van der Waals surface area contributed by atoms with Gasteiger partial charge in [-0.3, -0.25) is 0 Å². The number of benzene rings is 3. The fourth-order valence-corrected chi connectivity index (χ4v) is 3.31. The predicted molar refractivity (Wildman–Crippen MR) is 119 cm³/mol. The Morgan fingerprint density at radius 1 is 0.867 bits per heavy atom. The summed E-state index contributed by atoms with van der Waals surface area (Å²) >= 11 is 0. The molecule has 1 N–H and O–H groups in total. The van der Waals surface area contributed by atoms with E-state index in [4.69, 9.17) is 9.47 Å². The van der Waals surface area contributed by atoms with Crippen LogP contribution in [0.25, 0.3) is 0 Å². The van der Waals surface area contributed by atoms with Crippen LogP contribution in [0.3, 0.4) is 0 Å². The molecule has 0 amide bonds. The van der Waals surface area contributed by atoms with Gasteiger partial charge in [0.05, 0.1) is 6.61 Å². The van der Waals surface area contributed by atoms with Gasteiger partial charge in [0.15, 0.2) is 11.5 Å². The van der Waals surface area contributed by atoms with E-state index in [0.717, 1.165) is 18.4 Å². The van der Waals surface area contributed by atoms with Crippen molar-refractivity contribution in [3.8, 4) is 11.5 Å². The van der Waals surface area contributed by atoms with Crippen molar-refractivity contribution in [3.05, 3.63) is 95.3 Å². The van der Waals surface area contributed by atoms with Gasteiger partial charge in [0.2, 0.25) is 0 Å². The fraction of sp³-hybridized carbons (Fsp3) is 0.308. The van der Waals surface area contributed by atoms with Gasteiger partial charge in [-0.2, -0.15) is 0 Å². The molecule has 0 spiro atoms. The monoisotopic (exact) mass is 407 g/mol. The van der Waals surface area contributed by atoms with E-state index >= 15 is 0 Å². The third kappa shape index (κ3) is 6.33. The first-order chi connectivity index (χ1) is 14.7. The molecule has 3 rings (SSSR count). The van der Waals surface area contributed by atoms with Gasteiger partial charge in [0, 0.05) is 23.7 Å². The van der Waals surface area contributed by atoms with Crippen LogP contribution in [0.2, 0.25) is 0 Å². The predicted octanol–water partition coefficient (Wildman–Crippen LogP) is 5.91. The molecule has 0 bridgehead atoms. The number of hydrogen-bond donors (Lipinski definition) is 1. The Bertz CT molecular complexity index is 914. The van der Waals surface area contributed by atoms with E-state index in [2.05, 4.69) is 36.5 Å². The number of rotatable bonds is 11. The molecule has 158 valence electrons. The maximum absolute atomic E-state index is 14.0. The molecule has 30 heavy (non-hydrogen) atoms. The molecule has 3 aromatic rings. The lowest BCUT2D eigenvalue weighted by atomic mass is 10.1. The van der Waals surface area contributed by atoms with Crippen LogP contribution >= 0.6 is 0 Å². The highest BCUT2D eigenvalue weighted by atomic mass is 19.1. The second-order valence-electron chi connectivity index (χ2n) is 7.36. The first-order valence-corrected chi connectivity index (χ1v) is 10.6. The van der Waals surface area contributed by atoms with Crippen molar-refractivity contribution in [2.24, 2.45) is 0 Å². The van der Waals surface area contributed by atoms with E-state index in [1.165, 1.54) is 11.6 Å². The molecule has 1 atom stereocenters. The normalized spacial score (nSPS) is 11.8. The van der Waals surface area contributed by atoms with Crippen molar-refractivity contribution in [1.29, 1.82) is 0 Å². The molecule has 0 aliphatic heterocycles. The summed E-state index contributed by atoms with van der Waals surface area (Å²) in [5, 5.41) is 3.58. The minimum atomic E-state index is -0.263. The average molecular weight is 408 g/mol. The van der Waals surface area contributed by atoms with Crippen LogP contribution in [0.1, 0.15) is 37.0 Å².